The van der Waals surface area contributed by atoms with E-state index in [1.807, 2.05) is 32.0 Å². The Morgan fingerprint density at radius 2 is 1.65 bits per heavy atom. The number of carbonyl (C=O) groups is 2. The number of hydrogen-bond acceptors (Lipinski definition) is 6. The number of amides is 2. The first-order valence-corrected chi connectivity index (χ1v) is 12.7. The SMILES string of the molecule is COc1cc(C(=O)N2C(C(=O)Nc3ccc(C)c(C)c3)CSC2c2cccc(F)c2)cc(OC)c1OC. The summed E-state index contributed by atoms with van der Waals surface area (Å²) in [6.07, 6.45) is 0. The molecule has 2 atom stereocenters. The van der Waals surface area contributed by atoms with Gasteiger partial charge in [0.05, 0.1) is 21.3 Å². The zero-order valence-corrected chi connectivity index (χ0v) is 22.1. The standard InChI is InChI=1S/C28H29FN2O5S/c1-16-9-10-21(11-17(16)2)30-26(32)22-15-37-28(18-7-6-8-20(29)12-18)31(22)27(33)19-13-23(34-3)25(36-5)24(14-19)35-4/h6-14,22,28H,15H2,1-5H3,(H,30,32). The number of hydrogen-bond donors (Lipinski definition) is 1. The summed E-state index contributed by atoms with van der Waals surface area (Å²) in [7, 11) is 4.41. The second kappa shape index (κ2) is 11.1. The van der Waals surface area contributed by atoms with E-state index in [0.717, 1.165) is 11.1 Å². The molecule has 37 heavy (non-hydrogen) atoms. The fourth-order valence-electron chi connectivity index (χ4n) is 4.27. The van der Waals surface area contributed by atoms with Crippen molar-refractivity contribution in [3.05, 3.63) is 82.7 Å². The van der Waals surface area contributed by atoms with E-state index in [-0.39, 0.29) is 11.5 Å². The van der Waals surface area contributed by atoms with Gasteiger partial charge in [-0.1, -0.05) is 18.2 Å². The molecule has 3 aromatic carbocycles. The molecule has 0 aromatic heterocycles. The molecule has 7 nitrogen and oxygen atoms in total. The molecule has 0 radical (unpaired) electrons. The van der Waals surface area contributed by atoms with Crippen molar-refractivity contribution in [3.8, 4) is 17.2 Å². The van der Waals surface area contributed by atoms with Crippen molar-refractivity contribution in [1.82, 2.24) is 4.90 Å². The van der Waals surface area contributed by atoms with Crippen molar-refractivity contribution in [3.63, 3.8) is 0 Å². The molecular formula is C28H29FN2O5S. The van der Waals surface area contributed by atoms with Crippen LogP contribution in [-0.4, -0.2) is 49.8 Å². The first-order valence-electron chi connectivity index (χ1n) is 11.6. The van der Waals surface area contributed by atoms with Crippen LogP contribution in [0.15, 0.2) is 54.6 Å². The van der Waals surface area contributed by atoms with Crippen LogP contribution in [0.4, 0.5) is 10.1 Å². The van der Waals surface area contributed by atoms with Gasteiger partial charge >= 0.3 is 0 Å². The van der Waals surface area contributed by atoms with Crippen LogP contribution in [0.25, 0.3) is 0 Å². The molecule has 194 valence electrons. The molecule has 1 saturated heterocycles. The fraction of sp³-hybridized carbons (Fsp3) is 0.286. The second-order valence-corrected chi connectivity index (χ2v) is 9.78. The highest BCUT2D eigenvalue weighted by Gasteiger charge is 2.43. The van der Waals surface area contributed by atoms with Gasteiger partial charge in [-0.15, -0.1) is 11.8 Å². The minimum Gasteiger partial charge on any atom is -0.493 e. The maximum Gasteiger partial charge on any atom is 0.256 e. The number of benzene rings is 3. The van der Waals surface area contributed by atoms with E-state index >= 15 is 0 Å². The highest BCUT2D eigenvalue weighted by molar-refractivity contribution is 7.99. The number of methoxy groups -OCH3 is 3. The summed E-state index contributed by atoms with van der Waals surface area (Å²) in [5.74, 6) is 0.165. The topological polar surface area (TPSA) is 77.1 Å². The summed E-state index contributed by atoms with van der Waals surface area (Å²) < 4.78 is 30.4. The first-order chi connectivity index (χ1) is 17.8. The molecule has 1 fully saturated rings. The number of halogens is 1. The Kier molecular flexibility index (Phi) is 7.92. The normalized spacial score (nSPS) is 16.9. The van der Waals surface area contributed by atoms with Crippen LogP contribution in [-0.2, 0) is 4.79 Å². The van der Waals surface area contributed by atoms with E-state index in [0.29, 0.717) is 34.3 Å². The van der Waals surface area contributed by atoms with Gasteiger partial charge < -0.3 is 24.4 Å². The van der Waals surface area contributed by atoms with Crippen molar-refractivity contribution < 1.29 is 28.2 Å². The van der Waals surface area contributed by atoms with Gasteiger partial charge in [0.25, 0.3) is 5.91 Å². The minimum atomic E-state index is -0.800. The second-order valence-electron chi connectivity index (χ2n) is 8.67. The van der Waals surface area contributed by atoms with Crippen LogP contribution in [0.5, 0.6) is 17.2 Å². The van der Waals surface area contributed by atoms with Crippen molar-refractivity contribution in [2.45, 2.75) is 25.3 Å². The molecule has 0 aliphatic carbocycles. The third kappa shape index (κ3) is 5.36. The van der Waals surface area contributed by atoms with Gasteiger partial charge in [-0.2, -0.15) is 0 Å². The van der Waals surface area contributed by atoms with E-state index in [4.69, 9.17) is 14.2 Å². The summed E-state index contributed by atoms with van der Waals surface area (Å²) in [6.45, 7) is 3.96. The number of nitrogens with zero attached hydrogens (tertiary/aromatic N) is 1. The Balaban J connectivity index is 1.74. The van der Waals surface area contributed by atoms with Crippen molar-refractivity contribution in [2.75, 3.05) is 32.4 Å². The molecule has 1 N–H and O–H groups in total. The molecule has 2 unspecified atom stereocenters. The number of rotatable bonds is 7. The molecular weight excluding hydrogens is 495 g/mol. The van der Waals surface area contributed by atoms with Crippen LogP contribution >= 0.6 is 11.8 Å². The average molecular weight is 525 g/mol. The fourth-order valence-corrected chi connectivity index (χ4v) is 5.69. The maximum atomic E-state index is 14.1. The third-order valence-corrected chi connectivity index (χ3v) is 7.68. The Morgan fingerprint density at radius 3 is 2.24 bits per heavy atom. The van der Waals surface area contributed by atoms with Gasteiger partial charge in [-0.25, -0.2) is 4.39 Å². The third-order valence-electron chi connectivity index (χ3n) is 6.36. The number of nitrogens with one attached hydrogen (secondary N) is 1. The monoisotopic (exact) mass is 524 g/mol. The van der Waals surface area contributed by atoms with Gasteiger partial charge in [0, 0.05) is 17.0 Å². The summed E-state index contributed by atoms with van der Waals surface area (Å²) >= 11 is 1.41. The van der Waals surface area contributed by atoms with Gasteiger partial charge in [0.1, 0.15) is 17.2 Å². The van der Waals surface area contributed by atoms with Gasteiger partial charge in [-0.05, 0) is 66.9 Å². The van der Waals surface area contributed by atoms with E-state index in [1.54, 1.807) is 24.3 Å². The van der Waals surface area contributed by atoms with Crippen molar-refractivity contribution in [1.29, 1.82) is 0 Å². The van der Waals surface area contributed by atoms with E-state index in [9.17, 15) is 14.0 Å². The van der Waals surface area contributed by atoms with Crippen LogP contribution in [0, 0.1) is 19.7 Å². The number of ether oxygens (including phenoxy) is 3. The predicted octanol–water partition coefficient (Wildman–Crippen LogP) is 5.36. The summed E-state index contributed by atoms with van der Waals surface area (Å²) in [4.78, 5) is 29.0. The molecule has 3 aromatic rings. The molecule has 1 aliphatic rings. The lowest BCUT2D eigenvalue weighted by Crippen LogP contribution is -2.45. The predicted molar refractivity (Wildman–Crippen MR) is 142 cm³/mol. The first kappa shape index (κ1) is 26.3. The summed E-state index contributed by atoms with van der Waals surface area (Å²) in [5.41, 5.74) is 3.64. The lowest BCUT2D eigenvalue weighted by atomic mass is 10.1. The molecule has 1 aliphatic heterocycles. The lowest BCUT2D eigenvalue weighted by Gasteiger charge is -2.29. The minimum absolute atomic E-state index is 0.252. The average Bonchev–Trinajstić information content (AvgIpc) is 3.35. The molecule has 9 heteroatoms. The van der Waals surface area contributed by atoms with E-state index in [2.05, 4.69) is 5.32 Å². The quantitative estimate of drug-likeness (QED) is 0.448. The van der Waals surface area contributed by atoms with E-state index < -0.39 is 23.1 Å². The molecule has 1 heterocycles. The summed E-state index contributed by atoms with van der Waals surface area (Å²) in [5, 5.41) is 2.37. The zero-order valence-electron chi connectivity index (χ0n) is 21.3. The number of anilines is 1. The molecule has 0 bridgehead atoms. The largest absolute Gasteiger partial charge is 0.493 e. The van der Waals surface area contributed by atoms with Gasteiger partial charge in [0.2, 0.25) is 11.7 Å². The maximum absolute atomic E-state index is 14.1. The highest BCUT2D eigenvalue weighted by atomic mass is 32.2. The smallest absolute Gasteiger partial charge is 0.256 e. The van der Waals surface area contributed by atoms with Crippen LogP contribution in [0.2, 0.25) is 0 Å². The lowest BCUT2D eigenvalue weighted by molar-refractivity contribution is -0.119. The molecule has 2 amide bonds. The van der Waals surface area contributed by atoms with Crippen LogP contribution < -0.4 is 19.5 Å². The number of carbonyl (C=O) groups excluding carboxylic acids is 2. The molecule has 4 rings (SSSR count). The van der Waals surface area contributed by atoms with Crippen LogP contribution in [0.1, 0.15) is 32.4 Å². The van der Waals surface area contributed by atoms with Crippen molar-refractivity contribution in [2.24, 2.45) is 0 Å². The summed E-state index contributed by atoms with van der Waals surface area (Å²) in [6, 6.07) is 14.0. The van der Waals surface area contributed by atoms with E-state index in [1.165, 1.54) is 50.1 Å². The van der Waals surface area contributed by atoms with Gasteiger partial charge in [-0.3, -0.25) is 9.59 Å². The van der Waals surface area contributed by atoms with Crippen molar-refractivity contribution >= 4 is 29.3 Å². The Bertz CT molecular complexity index is 1310. The molecule has 0 spiro atoms. The Labute approximate surface area is 219 Å². The zero-order chi connectivity index (χ0) is 26.7. The van der Waals surface area contributed by atoms with Gasteiger partial charge in [0.15, 0.2) is 11.5 Å². The highest BCUT2D eigenvalue weighted by Crippen LogP contribution is 2.44. The number of thioether (sulfide) groups is 1. The Morgan fingerprint density at radius 1 is 0.946 bits per heavy atom. The Hall–Kier alpha value is -3.72. The molecule has 0 saturated carbocycles. The number of aryl methyl sites for hydroxylation is 2. The van der Waals surface area contributed by atoms with Crippen LogP contribution in [0.3, 0.4) is 0 Å².